The first-order chi connectivity index (χ1) is 14.5. The molecule has 9 nitrogen and oxygen atoms in total. The van der Waals surface area contributed by atoms with Gasteiger partial charge in [-0.1, -0.05) is 11.6 Å². The zero-order chi connectivity index (χ0) is 21.1. The molecule has 0 bridgehead atoms. The van der Waals surface area contributed by atoms with Crippen LogP contribution < -0.4 is 10.6 Å². The van der Waals surface area contributed by atoms with Crippen LogP contribution in [0, 0.1) is 13.8 Å². The van der Waals surface area contributed by atoms with Crippen LogP contribution in [0.4, 0.5) is 5.95 Å². The molecule has 0 aliphatic carbocycles. The van der Waals surface area contributed by atoms with E-state index in [-0.39, 0.29) is 5.91 Å². The van der Waals surface area contributed by atoms with Crippen LogP contribution in [0.25, 0.3) is 5.82 Å². The van der Waals surface area contributed by atoms with E-state index in [9.17, 15) is 4.79 Å². The fourth-order valence-corrected chi connectivity index (χ4v) is 4.25. The van der Waals surface area contributed by atoms with Crippen LogP contribution in [0.1, 0.15) is 39.5 Å². The number of thiazole rings is 1. The Morgan fingerprint density at radius 2 is 2.10 bits per heavy atom. The summed E-state index contributed by atoms with van der Waals surface area (Å²) in [4.78, 5) is 30.9. The van der Waals surface area contributed by atoms with E-state index in [2.05, 4.69) is 30.6 Å². The predicted molar refractivity (Wildman–Crippen MR) is 114 cm³/mol. The molecule has 0 atom stereocenters. The summed E-state index contributed by atoms with van der Waals surface area (Å²) in [5, 5.41) is 6.19. The molecule has 1 aliphatic rings. The SMILES string of the molecule is Cc1cnc(NC2CCOCC2)nc1-n1cnc(C(=O)NCc2nc(Cl)sc2C)c1. The first-order valence-electron chi connectivity index (χ1n) is 9.62. The van der Waals surface area contributed by atoms with Gasteiger partial charge in [-0.25, -0.2) is 15.0 Å². The molecule has 1 aliphatic heterocycles. The molecular formula is C19H22ClN7O2S. The van der Waals surface area contributed by atoms with Gasteiger partial charge >= 0.3 is 0 Å². The largest absolute Gasteiger partial charge is 0.381 e. The first-order valence-corrected chi connectivity index (χ1v) is 10.8. The number of aryl methyl sites for hydroxylation is 2. The van der Waals surface area contributed by atoms with Gasteiger partial charge in [0.15, 0.2) is 4.47 Å². The molecule has 1 saturated heterocycles. The maximum Gasteiger partial charge on any atom is 0.271 e. The molecule has 0 radical (unpaired) electrons. The molecule has 3 aromatic heterocycles. The standard InChI is InChI=1S/C19H22ClN7O2S/c1-11-7-22-19(24-13-3-5-29-6-4-13)26-16(11)27-9-15(23-10-27)17(28)21-8-14-12(2)30-18(20)25-14/h7,9-10,13H,3-6,8H2,1-2H3,(H,21,28)(H,22,24,26). The predicted octanol–water partition coefficient (Wildman–Crippen LogP) is 2.91. The van der Waals surface area contributed by atoms with Gasteiger partial charge in [-0.15, -0.1) is 11.3 Å². The quantitative estimate of drug-likeness (QED) is 0.598. The van der Waals surface area contributed by atoms with E-state index in [0.717, 1.165) is 42.2 Å². The van der Waals surface area contributed by atoms with Gasteiger partial charge in [0.1, 0.15) is 17.8 Å². The number of nitrogens with one attached hydrogen (secondary N) is 2. The Hall–Kier alpha value is -2.56. The molecule has 0 spiro atoms. The average molecular weight is 448 g/mol. The molecule has 0 aromatic carbocycles. The van der Waals surface area contributed by atoms with Crippen molar-refractivity contribution in [3.63, 3.8) is 0 Å². The highest BCUT2D eigenvalue weighted by Gasteiger charge is 2.17. The number of hydrogen-bond donors (Lipinski definition) is 2. The Kier molecular flexibility index (Phi) is 6.26. The van der Waals surface area contributed by atoms with Crippen molar-refractivity contribution in [2.75, 3.05) is 18.5 Å². The Balaban J connectivity index is 1.45. The summed E-state index contributed by atoms with van der Waals surface area (Å²) in [6.45, 7) is 5.62. The van der Waals surface area contributed by atoms with Crippen molar-refractivity contribution in [1.82, 2.24) is 29.8 Å². The molecule has 158 valence electrons. The summed E-state index contributed by atoms with van der Waals surface area (Å²) in [5.74, 6) is 0.941. The third-order valence-corrected chi connectivity index (χ3v) is 5.96. The topological polar surface area (TPSA) is 107 Å². The van der Waals surface area contributed by atoms with Crippen LogP contribution in [0.2, 0.25) is 4.47 Å². The van der Waals surface area contributed by atoms with E-state index in [1.165, 1.54) is 11.3 Å². The highest BCUT2D eigenvalue weighted by molar-refractivity contribution is 7.15. The molecule has 4 rings (SSSR count). The van der Waals surface area contributed by atoms with E-state index in [4.69, 9.17) is 16.3 Å². The lowest BCUT2D eigenvalue weighted by Gasteiger charge is -2.23. The van der Waals surface area contributed by atoms with Gasteiger partial charge in [-0.2, -0.15) is 4.98 Å². The maximum absolute atomic E-state index is 12.5. The third kappa shape index (κ3) is 4.77. The number of hydrogen-bond acceptors (Lipinski definition) is 8. The van der Waals surface area contributed by atoms with Gasteiger partial charge in [0, 0.05) is 42.1 Å². The number of rotatable bonds is 6. The van der Waals surface area contributed by atoms with E-state index in [0.29, 0.717) is 34.5 Å². The highest BCUT2D eigenvalue weighted by Crippen LogP contribution is 2.21. The molecule has 0 unspecified atom stereocenters. The lowest BCUT2D eigenvalue weighted by Crippen LogP contribution is -2.28. The summed E-state index contributed by atoms with van der Waals surface area (Å²) in [6.07, 6.45) is 6.84. The summed E-state index contributed by atoms with van der Waals surface area (Å²) >= 11 is 7.30. The minimum Gasteiger partial charge on any atom is -0.381 e. The second-order valence-corrected chi connectivity index (χ2v) is 8.84. The molecule has 2 N–H and O–H groups in total. The normalized spacial score (nSPS) is 14.6. The van der Waals surface area contributed by atoms with Gasteiger partial charge < -0.3 is 15.4 Å². The highest BCUT2D eigenvalue weighted by atomic mass is 35.5. The van der Waals surface area contributed by atoms with Gasteiger partial charge in [-0.05, 0) is 26.7 Å². The van der Waals surface area contributed by atoms with Crippen molar-refractivity contribution in [3.8, 4) is 5.82 Å². The Labute approximate surface area is 182 Å². The molecular weight excluding hydrogens is 426 g/mol. The van der Waals surface area contributed by atoms with Crippen molar-refractivity contribution in [2.24, 2.45) is 0 Å². The van der Waals surface area contributed by atoms with Crippen molar-refractivity contribution in [3.05, 3.63) is 45.0 Å². The minimum atomic E-state index is -0.287. The first kappa shape index (κ1) is 20.7. The van der Waals surface area contributed by atoms with Crippen LogP contribution in [-0.2, 0) is 11.3 Å². The molecule has 1 amide bonds. The van der Waals surface area contributed by atoms with E-state index in [1.807, 2.05) is 13.8 Å². The molecule has 4 heterocycles. The number of ether oxygens (including phenoxy) is 1. The van der Waals surface area contributed by atoms with Crippen molar-refractivity contribution in [1.29, 1.82) is 0 Å². The van der Waals surface area contributed by atoms with Crippen LogP contribution in [0.3, 0.4) is 0 Å². The summed E-state index contributed by atoms with van der Waals surface area (Å²) in [6, 6.07) is 0.293. The summed E-state index contributed by atoms with van der Waals surface area (Å²) in [7, 11) is 0. The minimum absolute atomic E-state index is 0.287. The van der Waals surface area contributed by atoms with Crippen molar-refractivity contribution in [2.45, 2.75) is 39.3 Å². The van der Waals surface area contributed by atoms with Gasteiger partial charge in [0.05, 0.1) is 12.2 Å². The molecule has 30 heavy (non-hydrogen) atoms. The summed E-state index contributed by atoms with van der Waals surface area (Å²) in [5.41, 5.74) is 1.93. The van der Waals surface area contributed by atoms with E-state index >= 15 is 0 Å². The van der Waals surface area contributed by atoms with Gasteiger partial charge in [0.2, 0.25) is 5.95 Å². The third-order valence-electron chi connectivity index (χ3n) is 4.84. The zero-order valence-corrected chi connectivity index (χ0v) is 18.3. The second-order valence-electron chi connectivity index (χ2n) is 7.05. The Morgan fingerprint density at radius 3 is 2.83 bits per heavy atom. The smallest absolute Gasteiger partial charge is 0.271 e. The number of carbonyl (C=O) groups excluding carboxylic acids is 1. The molecule has 11 heteroatoms. The number of amides is 1. The summed E-state index contributed by atoms with van der Waals surface area (Å²) < 4.78 is 7.58. The molecule has 3 aromatic rings. The maximum atomic E-state index is 12.5. The van der Waals surface area contributed by atoms with E-state index in [1.54, 1.807) is 23.3 Å². The molecule has 0 saturated carbocycles. The lowest BCUT2D eigenvalue weighted by molar-refractivity contribution is 0.0903. The monoisotopic (exact) mass is 447 g/mol. The van der Waals surface area contributed by atoms with Gasteiger partial charge in [0.25, 0.3) is 5.91 Å². The number of carbonyl (C=O) groups is 1. The van der Waals surface area contributed by atoms with Crippen molar-refractivity contribution >= 4 is 34.8 Å². The number of halogens is 1. The van der Waals surface area contributed by atoms with E-state index < -0.39 is 0 Å². The van der Waals surface area contributed by atoms with Crippen LogP contribution in [-0.4, -0.2) is 49.7 Å². The zero-order valence-electron chi connectivity index (χ0n) is 16.7. The van der Waals surface area contributed by atoms with Crippen LogP contribution in [0.5, 0.6) is 0 Å². The van der Waals surface area contributed by atoms with Crippen LogP contribution in [0.15, 0.2) is 18.7 Å². The van der Waals surface area contributed by atoms with Gasteiger partial charge in [-0.3, -0.25) is 9.36 Å². The number of nitrogens with zero attached hydrogens (tertiary/aromatic N) is 5. The average Bonchev–Trinajstić information content (AvgIpc) is 3.35. The fourth-order valence-electron chi connectivity index (χ4n) is 3.16. The number of anilines is 1. The van der Waals surface area contributed by atoms with Crippen LogP contribution >= 0.6 is 22.9 Å². The fraction of sp³-hybridized carbons (Fsp3) is 0.421. The Morgan fingerprint density at radius 1 is 1.30 bits per heavy atom. The second kappa shape index (κ2) is 9.07. The lowest BCUT2D eigenvalue weighted by atomic mass is 10.1. The van der Waals surface area contributed by atoms with Crippen molar-refractivity contribution < 1.29 is 9.53 Å². The Bertz CT molecular complexity index is 1050. The number of aromatic nitrogens is 5. The number of imidazole rings is 1. The molecule has 1 fully saturated rings.